The Morgan fingerprint density at radius 2 is 2.43 bits per heavy atom. The standard InChI is InChI=1S/C9H9ClFNO2/c1-13-12-8-4-14-9-6(8)2-5(11)3-7(9)10/h2-3,8,12H,4H2,1H3. The number of fused-ring (bicyclic) bond motifs is 1. The Balaban J connectivity index is 2.38. The molecule has 1 aromatic rings. The zero-order valence-electron chi connectivity index (χ0n) is 7.51. The van der Waals surface area contributed by atoms with Crippen LogP contribution in [0.2, 0.25) is 5.02 Å². The molecule has 14 heavy (non-hydrogen) atoms. The average molecular weight is 218 g/mol. The van der Waals surface area contributed by atoms with E-state index >= 15 is 0 Å². The molecule has 0 aromatic heterocycles. The van der Waals surface area contributed by atoms with Crippen LogP contribution in [-0.2, 0) is 4.84 Å². The highest BCUT2D eigenvalue weighted by atomic mass is 35.5. The van der Waals surface area contributed by atoms with Gasteiger partial charge in [-0.3, -0.25) is 0 Å². The molecule has 1 atom stereocenters. The molecule has 0 saturated carbocycles. The topological polar surface area (TPSA) is 30.5 Å². The lowest BCUT2D eigenvalue weighted by Gasteiger charge is -2.08. The number of halogens is 2. The molecular formula is C9H9ClFNO2. The van der Waals surface area contributed by atoms with Gasteiger partial charge >= 0.3 is 0 Å². The van der Waals surface area contributed by atoms with Gasteiger partial charge in [0.05, 0.1) is 18.2 Å². The first kappa shape index (κ1) is 9.71. The minimum absolute atomic E-state index is 0.164. The van der Waals surface area contributed by atoms with Crippen molar-refractivity contribution in [3.8, 4) is 5.75 Å². The van der Waals surface area contributed by atoms with Crippen LogP contribution in [0.25, 0.3) is 0 Å². The van der Waals surface area contributed by atoms with Gasteiger partial charge in [0.25, 0.3) is 0 Å². The molecule has 1 heterocycles. The van der Waals surface area contributed by atoms with E-state index in [-0.39, 0.29) is 11.9 Å². The van der Waals surface area contributed by atoms with Crippen molar-refractivity contribution in [3.63, 3.8) is 0 Å². The van der Waals surface area contributed by atoms with Gasteiger partial charge in [0, 0.05) is 5.56 Å². The number of hydrogen-bond acceptors (Lipinski definition) is 3. The summed E-state index contributed by atoms with van der Waals surface area (Å²) in [4.78, 5) is 4.77. The Bertz CT molecular complexity index is 359. The van der Waals surface area contributed by atoms with Gasteiger partial charge in [-0.1, -0.05) is 11.6 Å². The van der Waals surface area contributed by atoms with Crippen molar-refractivity contribution in [2.24, 2.45) is 0 Å². The Morgan fingerprint density at radius 1 is 1.64 bits per heavy atom. The lowest BCUT2D eigenvalue weighted by molar-refractivity contribution is 0.0535. The molecule has 1 aromatic carbocycles. The Morgan fingerprint density at radius 3 is 3.14 bits per heavy atom. The average Bonchev–Trinajstić information content (AvgIpc) is 2.49. The molecule has 0 saturated heterocycles. The van der Waals surface area contributed by atoms with Crippen molar-refractivity contribution < 1.29 is 14.0 Å². The SMILES string of the molecule is CONC1COc2c(Cl)cc(F)cc21. The maximum absolute atomic E-state index is 13.0. The van der Waals surface area contributed by atoms with Crippen LogP contribution in [0.5, 0.6) is 5.75 Å². The summed E-state index contributed by atoms with van der Waals surface area (Å²) in [5, 5.41) is 0.292. The second-order valence-corrected chi connectivity index (χ2v) is 3.40. The van der Waals surface area contributed by atoms with E-state index in [1.54, 1.807) is 0 Å². The van der Waals surface area contributed by atoms with Gasteiger partial charge in [0.1, 0.15) is 18.2 Å². The van der Waals surface area contributed by atoms with E-state index in [0.29, 0.717) is 22.9 Å². The molecule has 1 aliphatic heterocycles. The lowest BCUT2D eigenvalue weighted by atomic mass is 10.1. The quantitative estimate of drug-likeness (QED) is 0.770. The van der Waals surface area contributed by atoms with Gasteiger partial charge in [0.15, 0.2) is 0 Å². The molecule has 5 heteroatoms. The van der Waals surface area contributed by atoms with E-state index < -0.39 is 0 Å². The highest BCUT2D eigenvalue weighted by Gasteiger charge is 2.27. The van der Waals surface area contributed by atoms with Crippen LogP contribution in [0, 0.1) is 5.82 Å². The molecular weight excluding hydrogens is 209 g/mol. The third-order valence-electron chi connectivity index (χ3n) is 2.07. The normalized spacial score (nSPS) is 19.2. The summed E-state index contributed by atoms with van der Waals surface area (Å²) >= 11 is 5.81. The van der Waals surface area contributed by atoms with Crippen molar-refractivity contribution >= 4 is 11.6 Å². The molecule has 0 aliphatic carbocycles. The fraction of sp³-hybridized carbons (Fsp3) is 0.333. The van der Waals surface area contributed by atoms with Crippen molar-refractivity contribution in [2.45, 2.75) is 6.04 Å². The molecule has 1 N–H and O–H groups in total. The van der Waals surface area contributed by atoms with Gasteiger partial charge in [-0.25, -0.2) is 4.39 Å². The molecule has 0 amide bonds. The van der Waals surface area contributed by atoms with Gasteiger partial charge in [-0.05, 0) is 12.1 Å². The predicted molar refractivity (Wildman–Crippen MR) is 49.8 cm³/mol. The van der Waals surface area contributed by atoms with Crippen LogP contribution in [0.15, 0.2) is 12.1 Å². The van der Waals surface area contributed by atoms with Gasteiger partial charge < -0.3 is 9.57 Å². The van der Waals surface area contributed by atoms with Crippen molar-refractivity contribution in [2.75, 3.05) is 13.7 Å². The Labute approximate surface area is 85.7 Å². The third kappa shape index (κ3) is 1.56. The highest BCUT2D eigenvalue weighted by molar-refractivity contribution is 6.32. The lowest BCUT2D eigenvalue weighted by Crippen LogP contribution is -2.20. The van der Waals surface area contributed by atoms with E-state index in [2.05, 4.69) is 5.48 Å². The molecule has 3 nitrogen and oxygen atoms in total. The van der Waals surface area contributed by atoms with Crippen LogP contribution in [0.3, 0.4) is 0 Å². The Kier molecular flexibility index (Phi) is 2.58. The minimum Gasteiger partial charge on any atom is -0.490 e. The zero-order chi connectivity index (χ0) is 10.1. The summed E-state index contributed by atoms with van der Waals surface area (Å²) in [7, 11) is 1.50. The number of benzene rings is 1. The summed E-state index contributed by atoms with van der Waals surface area (Å²) in [6, 6.07) is 2.46. The minimum atomic E-state index is -0.373. The van der Waals surface area contributed by atoms with Crippen molar-refractivity contribution in [1.82, 2.24) is 5.48 Å². The molecule has 0 bridgehead atoms. The summed E-state index contributed by atoms with van der Waals surface area (Å²) in [6.45, 7) is 0.395. The van der Waals surface area contributed by atoms with Crippen LogP contribution < -0.4 is 10.2 Å². The largest absolute Gasteiger partial charge is 0.490 e. The van der Waals surface area contributed by atoms with Gasteiger partial charge in [-0.2, -0.15) is 5.48 Å². The number of ether oxygens (including phenoxy) is 1. The zero-order valence-corrected chi connectivity index (χ0v) is 8.27. The molecule has 2 rings (SSSR count). The second-order valence-electron chi connectivity index (χ2n) is 2.99. The van der Waals surface area contributed by atoms with Crippen LogP contribution in [-0.4, -0.2) is 13.7 Å². The monoisotopic (exact) mass is 217 g/mol. The smallest absolute Gasteiger partial charge is 0.143 e. The highest BCUT2D eigenvalue weighted by Crippen LogP contribution is 2.38. The number of nitrogens with one attached hydrogen (secondary N) is 1. The fourth-order valence-electron chi connectivity index (χ4n) is 1.49. The van der Waals surface area contributed by atoms with Gasteiger partial charge in [0.2, 0.25) is 0 Å². The third-order valence-corrected chi connectivity index (χ3v) is 2.35. The van der Waals surface area contributed by atoms with Crippen LogP contribution in [0.4, 0.5) is 4.39 Å². The predicted octanol–water partition coefficient (Wildman–Crippen LogP) is 2.06. The van der Waals surface area contributed by atoms with Crippen molar-refractivity contribution in [1.29, 1.82) is 0 Å². The van der Waals surface area contributed by atoms with E-state index in [9.17, 15) is 4.39 Å². The first-order valence-corrected chi connectivity index (χ1v) is 4.50. The fourth-order valence-corrected chi connectivity index (χ4v) is 1.76. The number of hydrogen-bond donors (Lipinski definition) is 1. The maximum atomic E-state index is 13.0. The summed E-state index contributed by atoms with van der Waals surface area (Å²) in [5.41, 5.74) is 3.40. The molecule has 76 valence electrons. The first-order valence-electron chi connectivity index (χ1n) is 4.12. The molecule has 1 unspecified atom stereocenters. The molecule has 0 radical (unpaired) electrons. The summed E-state index contributed by atoms with van der Waals surface area (Å²) < 4.78 is 18.3. The second kappa shape index (κ2) is 3.73. The van der Waals surface area contributed by atoms with Crippen molar-refractivity contribution in [3.05, 3.63) is 28.5 Å². The van der Waals surface area contributed by atoms with E-state index in [0.717, 1.165) is 0 Å². The van der Waals surface area contributed by atoms with Crippen LogP contribution in [0.1, 0.15) is 11.6 Å². The van der Waals surface area contributed by atoms with E-state index in [4.69, 9.17) is 21.2 Å². The summed E-state index contributed by atoms with van der Waals surface area (Å²) in [5.74, 6) is 0.157. The molecule has 0 spiro atoms. The number of hydroxylamine groups is 1. The molecule has 0 fully saturated rings. The van der Waals surface area contributed by atoms with E-state index in [1.165, 1.54) is 19.2 Å². The van der Waals surface area contributed by atoms with Gasteiger partial charge in [-0.15, -0.1) is 0 Å². The van der Waals surface area contributed by atoms with E-state index in [1.807, 2.05) is 0 Å². The first-order chi connectivity index (χ1) is 6.72. The Hall–Kier alpha value is -0.840. The summed E-state index contributed by atoms with van der Waals surface area (Å²) in [6.07, 6.45) is 0. The molecule has 1 aliphatic rings. The maximum Gasteiger partial charge on any atom is 0.143 e. The number of rotatable bonds is 2. The van der Waals surface area contributed by atoms with Crippen LogP contribution >= 0.6 is 11.6 Å².